The number of anilines is 1. The SMILES string of the molecule is COc1ccc(N2C[C@H](C(=O)N[C@@H](C)C(=O)O)CC2=O)c(OC)c1. The second kappa shape index (κ2) is 7.20. The lowest BCUT2D eigenvalue weighted by atomic mass is 10.1. The molecule has 1 fully saturated rings. The van der Waals surface area contributed by atoms with Crippen LogP contribution in [0.2, 0.25) is 0 Å². The van der Waals surface area contributed by atoms with Gasteiger partial charge in [0.15, 0.2) is 0 Å². The number of carbonyl (C=O) groups excluding carboxylic acids is 2. The zero-order valence-corrected chi connectivity index (χ0v) is 13.7. The normalized spacial score (nSPS) is 18.2. The molecule has 1 aliphatic heterocycles. The number of nitrogens with zero attached hydrogens (tertiary/aromatic N) is 1. The first-order valence-corrected chi connectivity index (χ1v) is 7.43. The monoisotopic (exact) mass is 336 g/mol. The van der Waals surface area contributed by atoms with E-state index in [1.807, 2.05) is 0 Å². The molecule has 0 unspecified atom stereocenters. The maximum absolute atomic E-state index is 12.3. The van der Waals surface area contributed by atoms with Gasteiger partial charge in [-0.05, 0) is 19.1 Å². The number of ether oxygens (including phenoxy) is 2. The minimum Gasteiger partial charge on any atom is -0.497 e. The van der Waals surface area contributed by atoms with Gasteiger partial charge in [-0.3, -0.25) is 14.4 Å². The number of amides is 2. The summed E-state index contributed by atoms with van der Waals surface area (Å²) in [5.74, 6) is -1.35. The molecule has 0 aromatic heterocycles. The van der Waals surface area contributed by atoms with Crippen molar-refractivity contribution in [3.05, 3.63) is 18.2 Å². The lowest BCUT2D eigenvalue weighted by Gasteiger charge is -2.20. The van der Waals surface area contributed by atoms with Crippen molar-refractivity contribution in [3.63, 3.8) is 0 Å². The minimum absolute atomic E-state index is 0.0212. The van der Waals surface area contributed by atoms with Gasteiger partial charge in [-0.2, -0.15) is 0 Å². The highest BCUT2D eigenvalue weighted by Crippen LogP contribution is 2.35. The van der Waals surface area contributed by atoms with Crippen LogP contribution in [0.3, 0.4) is 0 Å². The zero-order chi connectivity index (χ0) is 17.9. The summed E-state index contributed by atoms with van der Waals surface area (Å²) >= 11 is 0. The summed E-state index contributed by atoms with van der Waals surface area (Å²) in [6.45, 7) is 1.54. The molecule has 0 spiro atoms. The highest BCUT2D eigenvalue weighted by molar-refractivity contribution is 6.01. The number of hydrogen-bond acceptors (Lipinski definition) is 5. The quantitative estimate of drug-likeness (QED) is 0.790. The van der Waals surface area contributed by atoms with Crippen molar-refractivity contribution in [2.24, 2.45) is 5.92 Å². The largest absolute Gasteiger partial charge is 0.497 e. The van der Waals surface area contributed by atoms with Crippen LogP contribution in [0.4, 0.5) is 5.69 Å². The van der Waals surface area contributed by atoms with Crippen LogP contribution in [-0.4, -0.2) is 49.7 Å². The van der Waals surface area contributed by atoms with E-state index in [0.717, 1.165) is 0 Å². The lowest BCUT2D eigenvalue weighted by molar-refractivity contribution is -0.141. The molecular weight excluding hydrogens is 316 g/mol. The van der Waals surface area contributed by atoms with Crippen molar-refractivity contribution in [2.45, 2.75) is 19.4 Å². The number of hydrogen-bond donors (Lipinski definition) is 2. The summed E-state index contributed by atoms with van der Waals surface area (Å²) in [4.78, 5) is 36.7. The Kier molecular flexibility index (Phi) is 5.28. The van der Waals surface area contributed by atoms with Crippen LogP contribution < -0.4 is 19.7 Å². The van der Waals surface area contributed by atoms with Crippen molar-refractivity contribution >= 4 is 23.5 Å². The van der Waals surface area contributed by atoms with Gasteiger partial charge in [0.1, 0.15) is 17.5 Å². The molecular formula is C16H20N2O6. The molecule has 8 heteroatoms. The molecule has 0 radical (unpaired) electrons. The molecule has 2 amide bonds. The Hall–Kier alpha value is -2.77. The number of carboxylic acid groups (broad SMARTS) is 1. The van der Waals surface area contributed by atoms with Crippen molar-refractivity contribution in [1.82, 2.24) is 5.32 Å². The first-order chi connectivity index (χ1) is 11.4. The molecule has 1 aliphatic rings. The first-order valence-electron chi connectivity index (χ1n) is 7.43. The number of methoxy groups -OCH3 is 2. The second-order valence-electron chi connectivity index (χ2n) is 5.51. The van der Waals surface area contributed by atoms with Gasteiger partial charge in [0.25, 0.3) is 0 Å². The predicted molar refractivity (Wildman–Crippen MR) is 85.2 cm³/mol. The third kappa shape index (κ3) is 3.58. The third-order valence-electron chi connectivity index (χ3n) is 3.90. The van der Waals surface area contributed by atoms with Crippen LogP contribution in [0.15, 0.2) is 18.2 Å². The zero-order valence-electron chi connectivity index (χ0n) is 13.7. The fraction of sp³-hybridized carbons (Fsp3) is 0.438. The molecule has 2 rings (SSSR count). The molecule has 0 aliphatic carbocycles. The predicted octanol–water partition coefficient (Wildman–Crippen LogP) is 0.646. The summed E-state index contributed by atoms with van der Waals surface area (Å²) in [7, 11) is 3.01. The lowest BCUT2D eigenvalue weighted by Crippen LogP contribution is -2.42. The van der Waals surface area contributed by atoms with Crippen LogP contribution in [0, 0.1) is 5.92 Å². The van der Waals surface area contributed by atoms with Crippen molar-refractivity contribution in [2.75, 3.05) is 25.7 Å². The van der Waals surface area contributed by atoms with Crippen LogP contribution in [0.5, 0.6) is 11.5 Å². The Morgan fingerprint density at radius 2 is 2.04 bits per heavy atom. The topological polar surface area (TPSA) is 105 Å². The second-order valence-corrected chi connectivity index (χ2v) is 5.51. The smallest absolute Gasteiger partial charge is 0.325 e. The number of nitrogens with one attached hydrogen (secondary N) is 1. The third-order valence-corrected chi connectivity index (χ3v) is 3.90. The average Bonchev–Trinajstić information content (AvgIpc) is 2.95. The summed E-state index contributed by atoms with van der Waals surface area (Å²) < 4.78 is 10.4. The van der Waals surface area contributed by atoms with Gasteiger partial charge in [-0.1, -0.05) is 0 Å². The minimum atomic E-state index is -1.12. The molecule has 130 valence electrons. The highest BCUT2D eigenvalue weighted by atomic mass is 16.5. The molecule has 0 bridgehead atoms. The van der Waals surface area contributed by atoms with E-state index in [0.29, 0.717) is 17.2 Å². The standard InChI is InChI=1S/C16H20N2O6/c1-9(16(21)22)17-15(20)10-6-14(19)18(8-10)12-5-4-11(23-2)7-13(12)24-3/h4-5,7,9-10H,6,8H2,1-3H3,(H,17,20)(H,21,22)/t9-,10+/m0/s1. The van der Waals surface area contributed by atoms with E-state index >= 15 is 0 Å². The summed E-state index contributed by atoms with van der Waals surface area (Å²) in [5.41, 5.74) is 0.546. The van der Waals surface area contributed by atoms with E-state index in [2.05, 4.69) is 5.32 Å². The number of benzene rings is 1. The molecule has 8 nitrogen and oxygen atoms in total. The Morgan fingerprint density at radius 1 is 1.33 bits per heavy atom. The van der Waals surface area contributed by atoms with Crippen molar-refractivity contribution < 1.29 is 29.0 Å². The van der Waals surface area contributed by atoms with Gasteiger partial charge in [0.05, 0.1) is 25.8 Å². The first kappa shape index (κ1) is 17.6. The maximum atomic E-state index is 12.3. The Bertz CT molecular complexity index is 660. The highest BCUT2D eigenvalue weighted by Gasteiger charge is 2.37. The van der Waals surface area contributed by atoms with Crippen LogP contribution in [0.1, 0.15) is 13.3 Å². The van der Waals surface area contributed by atoms with Gasteiger partial charge in [-0.15, -0.1) is 0 Å². The van der Waals surface area contributed by atoms with Crippen LogP contribution in [-0.2, 0) is 14.4 Å². The van der Waals surface area contributed by atoms with Gasteiger partial charge >= 0.3 is 5.97 Å². The number of rotatable bonds is 6. The Balaban J connectivity index is 2.15. The van der Waals surface area contributed by atoms with E-state index in [9.17, 15) is 14.4 Å². The molecule has 0 saturated carbocycles. The van der Waals surface area contributed by atoms with E-state index in [1.54, 1.807) is 18.2 Å². The van der Waals surface area contributed by atoms with Gasteiger partial charge in [-0.25, -0.2) is 0 Å². The maximum Gasteiger partial charge on any atom is 0.325 e. The summed E-state index contributed by atoms with van der Waals surface area (Å²) in [6, 6.07) is 4.04. The number of carboxylic acids is 1. The van der Waals surface area contributed by atoms with Gasteiger partial charge in [0.2, 0.25) is 11.8 Å². The average molecular weight is 336 g/mol. The van der Waals surface area contributed by atoms with Crippen LogP contribution >= 0.6 is 0 Å². The van der Waals surface area contributed by atoms with E-state index in [1.165, 1.54) is 26.0 Å². The van der Waals surface area contributed by atoms with Gasteiger partial charge in [0, 0.05) is 19.0 Å². The number of carbonyl (C=O) groups is 3. The fourth-order valence-corrected chi connectivity index (χ4v) is 2.52. The van der Waals surface area contributed by atoms with E-state index in [-0.39, 0.29) is 18.9 Å². The molecule has 1 heterocycles. The Labute approximate surface area is 139 Å². The van der Waals surface area contributed by atoms with Crippen molar-refractivity contribution in [1.29, 1.82) is 0 Å². The number of aliphatic carboxylic acids is 1. The molecule has 2 atom stereocenters. The molecule has 1 aromatic rings. The molecule has 1 saturated heterocycles. The molecule has 24 heavy (non-hydrogen) atoms. The Morgan fingerprint density at radius 3 is 2.62 bits per heavy atom. The van der Waals surface area contributed by atoms with E-state index < -0.39 is 23.8 Å². The van der Waals surface area contributed by atoms with Crippen molar-refractivity contribution in [3.8, 4) is 11.5 Å². The fourth-order valence-electron chi connectivity index (χ4n) is 2.52. The molecule has 2 N–H and O–H groups in total. The van der Waals surface area contributed by atoms with Gasteiger partial charge < -0.3 is 24.8 Å². The van der Waals surface area contributed by atoms with E-state index in [4.69, 9.17) is 14.6 Å². The summed E-state index contributed by atoms with van der Waals surface area (Å²) in [5, 5.41) is 11.2. The summed E-state index contributed by atoms with van der Waals surface area (Å²) in [6.07, 6.45) is 0.0212. The van der Waals surface area contributed by atoms with Crippen LogP contribution in [0.25, 0.3) is 0 Å². The molecule has 1 aromatic carbocycles.